The van der Waals surface area contributed by atoms with E-state index in [-0.39, 0.29) is 18.1 Å². The normalized spacial score (nSPS) is 15.7. The van der Waals surface area contributed by atoms with E-state index >= 15 is 0 Å². The Balaban J connectivity index is 1.21. The summed E-state index contributed by atoms with van der Waals surface area (Å²) in [5.41, 5.74) is 3.93. The molecule has 2 aliphatic rings. The van der Waals surface area contributed by atoms with Crippen molar-refractivity contribution in [3.05, 3.63) is 64.0 Å². The van der Waals surface area contributed by atoms with Crippen LogP contribution < -0.4 is 20.6 Å². The number of fused-ring (bicyclic) bond motifs is 3. The van der Waals surface area contributed by atoms with E-state index in [2.05, 4.69) is 10.2 Å². The van der Waals surface area contributed by atoms with Crippen molar-refractivity contribution in [2.45, 2.75) is 19.3 Å². The Bertz CT molecular complexity index is 1160. The highest BCUT2D eigenvalue weighted by molar-refractivity contribution is 5.92. The number of hydrogen-bond acceptors (Lipinski definition) is 6. The summed E-state index contributed by atoms with van der Waals surface area (Å²) >= 11 is 0. The van der Waals surface area contributed by atoms with E-state index in [0.29, 0.717) is 17.0 Å². The third-order valence-corrected chi connectivity index (χ3v) is 5.84. The van der Waals surface area contributed by atoms with Crippen LogP contribution >= 0.6 is 0 Å². The lowest BCUT2D eigenvalue weighted by atomic mass is 10.1. The number of aryl methyl sites for hydroxylation is 1. The second-order valence-corrected chi connectivity index (χ2v) is 7.84. The fourth-order valence-electron chi connectivity index (χ4n) is 4.28. The van der Waals surface area contributed by atoms with Crippen molar-refractivity contribution in [1.29, 1.82) is 0 Å². The van der Waals surface area contributed by atoms with Crippen molar-refractivity contribution in [3.63, 3.8) is 0 Å². The standard InChI is InChI=1S/C24H24N2O5/c27-23(25-16-4-6-17(7-5-16)26-10-12-29-13-11-26)15-30-18-8-9-20-19-2-1-3-21(19)24(28)31-22(20)14-18/h4-9,14H,1-3,10-13,15H2,(H,25,27). The van der Waals surface area contributed by atoms with Crippen LogP contribution in [0.1, 0.15) is 17.5 Å². The van der Waals surface area contributed by atoms with Crippen LogP contribution in [0.5, 0.6) is 5.75 Å². The minimum absolute atomic E-state index is 0.133. The van der Waals surface area contributed by atoms with Crippen LogP contribution in [0.4, 0.5) is 11.4 Å². The first-order valence-corrected chi connectivity index (χ1v) is 10.6. The number of morpholine rings is 1. The molecule has 0 atom stereocenters. The number of rotatable bonds is 5. The van der Waals surface area contributed by atoms with Gasteiger partial charge in [-0.05, 0) is 61.2 Å². The third kappa shape index (κ3) is 4.14. The third-order valence-electron chi connectivity index (χ3n) is 5.84. The number of benzene rings is 2. The molecule has 2 aromatic carbocycles. The predicted octanol–water partition coefficient (Wildman–Crippen LogP) is 3.14. The summed E-state index contributed by atoms with van der Waals surface area (Å²) < 4.78 is 16.5. The van der Waals surface area contributed by atoms with Crippen molar-refractivity contribution in [2.75, 3.05) is 43.1 Å². The molecule has 1 aliphatic carbocycles. The molecule has 0 radical (unpaired) electrons. The average Bonchev–Trinajstić information content (AvgIpc) is 3.30. The predicted molar refractivity (Wildman–Crippen MR) is 118 cm³/mol. The first-order valence-electron chi connectivity index (χ1n) is 10.6. The Hall–Kier alpha value is -3.32. The van der Waals surface area contributed by atoms with Crippen LogP contribution in [0.3, 0.4) is 0 Å². The van der Waals surface area contributed by atoms with E-state index in [1.54, 1.807) is 6.07 Å². The maximum Gasteiger partial charge on any atom is 0.339 e. The van der Waals surface area contributed by atoms with Crippen LogP contribution in [0, 0.1) is 0 Å². The van der Waals surface area contributed by atoms with Gasteiger partial charge >= 0.3 is 5.63 Å². The molecule has 1 fully saturated rings. The molecule has 31 heavy (non-hydrogen) atoms. The number of ether oxygens (including phenoxy) is 2. The molecule has 1 saturated heterocycles. The number of carbonyl (C=O) groups excluding carboxylic acids is 1. The molecular formula is C24H24N2O5. The lowest BCUT2D eigenvalue weighted by Gasteiger charge is -2.28. The zero-order chi connectivity index (χ0) is 21.2. The molecule has 7 heteroatoms. The Morgan fingerprint density at radius 2 is 1.81 bits per heavy atom. The zero-order valence-electron chi connectivity index (χ0n) is 17.2. The summed E-state index contributed by atoms with van der Waals surface area (Å²) in [5.74, 6) is 0.237. The minimum Gasteiger partial charge on any atom is -0.484 e. The van der Waals surface area contributed by atoms with Crippen LogP contribution in [0.25, 0.3) is 11.0 Å². The highest BCUT2D eigenvalue weighted by Gasteiger charge is 2.19. The van der Waals surface area contributed by atoms with Gasteiger partial charge in [-0.2, -0.15) is 0 Å². The van der Waals surface area contributed by atoms with Crippen LogP contribution in [-0.2, 0) is 22.4 Å². The summed E-state index contributed by atoms with van der Waals surface area (Å²) in [6, 6.07) is 13.1. The Morgan fingerprint density at radius 1 is 1.03 bits per heavy atom. The van der Waals surface area contributed by atoms with Gasteiger partial charge in [0, 0.05) is 41.5 Å². The molecule has 0 bridgehead atoms. The molecule has 7 nitrogen and oxygen atoms in total. The van der Waals surface area contributed by atoms with Gasteiger partial charge in [0.05, 0.1) is 13.2 Å². The number of carbonyl (C=O) groups is 1. The molecule has 0 spiro atoms. The van der Waals surface area contributed by atoms with Crippen LogP contribution in [0.2, 0.25) is 0 Å². The summed E-state index contributed by atoms with van der Waals surface area (Å²) in [4.78, 5) is 26.7. The summed E-state index contributed by atoms with van der Waals surface area (Å²) in [5, 5.41) is 3.79. The highest BCUT2D eigenvalue weighted by Crippen LogP contribution is 2.29. The van der Waals surface area contributed by atoms with Crippen molar-refractivity contribution >= 4 is 28.3 Å². The molecule has 1 N–H and O–H groups in total. The quantitative estimate of drug-likeness (QED) is 0.639. The number of nitrogens with zero attached hydrogens (tertiary/aromatic N) is 1. The van der Waals surface area contributed by atoms with Gasteiger partial charge in [0.15, 0.2) is 6.61 Å². The Morgan fingerprint density at radius 3 is 2.61 bits per heavy atom. The first kappa shape index (κ1) is 19.6. The van der Waals surface area contributed by atoms with Gasteiger partial charge in [0.25, 0.3) is 5.91 Å². The van der Waals surface area contributed by atoms with E-state index in [0.717, 1.165) is 67.8 Å². The Labute approximate surface area is 179 Å². The van der Waals surface area contributed by atoms with Gasteiger partial charge in [-0.25, -0.2) is 4.79 Å². The number of nitrogens with one attached hydrogen (secondary N) is 1. The fourth-order valence-corrected chi connectivity index (χ4v) is 4.28. The average molecular weight is 420 g/mol. The molecule has 3 aromatic rings. The summed E-state index contributed by atoms with van der Waals surface area (Å²) in [6.45, 7) is 3.07. The maximum absolute atomic E-state index is 12.3. The highest BCUT2D eigenvalue weighted by atomic mass is 16.5. The van der Waals surface area contributed by atoms with E-state index in [9.17, 15) is 9.59 Å². The number of amides is 1. The lowest BCUT2D eigenvalue weighted by Crippen LogP contribution is -2.36. The summed E-state index contributed by atoms with van der Waals surface area (Å²) in [6.07, 6.45) is 2.65. The summed E-state index contributed by atoms with van der Waals surface area (Å²) in [7, 11) is 0. The molecule has 5 rings (SSSR count). The van der Waals surface area contributed by atoms with Crippen molar-refractivity contribution in [2.24, 2.45) is 0 Å². The first-order chi connectivity index (χ1) is 15.2. The molecule has 2 heterocycles. The molecular weight excluding hydrogens is 396 g/mol. The molecule has 1 amide bonds. The molecule has 1 aliphatic heterocycles. The minimum atomic E-state index is -0.268. The topological polar surface area (TPSA) is 81.0 Å². The van der Waals surface area contributed by atoms with Gasteiger partial charge in [0.2, 0.25) is 0 Å². The van der Waals surface area contributed by atoms with Gasteiger partial charge in [0.1, 0.15) is 11.3 Å². The largest absolute Gasteiger partial charge is 0.484 e. The van der Waals surface area contributed by atoms with E-state index in [1.165, 1.54) is 0 Å². The van der Waals surface area contributed by atoms with Gasteiger partial charge in [-0.1, -0.05) is 0 Å². The van der Waals surface area contributed by atoms with E-state index < -0.39 is 0 Å². The molecule has 160 valence electrons. The number of hydrogen-bond donors (Lipinski definition) is 1. The van der Waals surface area contributed by atoms with Gasteiger partial charge in [-0.15, -0.1) is 0 Å². The monoisotopic (exact) mass is 420 g/mol. The smallest absolute Gasteiger partial charge is 0.339 e. The van der Waals surface area contributed by atoms with Gasteiger partial charge < -0.3 is 24.1 Å². The van der Waals surface area contributed by atoms with Crippen molar-refractivity contribution in [3.8, 4) is 5.75 Å². The lowest BCUT2D eigenvalue weighted by molar-refractivity contribution is -0.118. The Kier molecular flexibility index (Phi) is 5.34. The maximum atomic E-state index is 12.3. The second kappa shape index (κ2) is 8.43. The fraction of sp³-hybridized carbons (Fsp3) is 0.333. The van der Waals surface area contributed by atoms with E-state index in [1.807, 2.05) is 36.4 Å². The molecule has 0 saturated carbocycles. The zero-order valence-corrected chi connectivity index (χ0v) is 17.2. The SMILES string of the molecule is O=C(COc1ccc2c3c(c(=O)oc2c1)CCC3)Nc1ccc(N2CCOCC2)cc1. The van der Waals surface area contributed by atoms with Crippen LogP contribution in [-0.4, -0.2) is 38.8 Å². The van der Waals surface area contributed by atoms with Gasteiger partial charge in [-0.3, -0.25) is 4.79 Å². The van der Waals surface area contributed by atoms with Crippen molar-refractivity contribution < 1.29 is 18.7 Å². The molecule has 0 unspecified atom stereocenters. The van der Waals surface area contributed by atoms with Crippen LogP contribution in [0.15, 0.2) is 51.7 Å². The van der Waals surface area contributed by atoms with Crippen molar-refractivity contribution in [1.82, 2.24) is 0 Å². The number of anilines is 2. The molecule has 1 aromatic heterocycles. The second-order valence-electron chi connectivity index (χ2n) is 7.84. The van der Waals surface area contributed by atoms with E-state index in [4.69, 9.17) is 13.9 Å².